The lowest BCUT2D eigenvalue weighted by atomic mass is 10.2. The molecular weight excluding hydrogens is 318 g/mol. The molecule has 0 spiro atoms. The Hall–Kier alpha value is -0.760. The fourth-order valence-electron chi connectivity index (χ4n) is 1.53. The number of thiophene rings is 1. The van der Waals surface area contributed by atoms with Crippen LogP contribution in [0.15, 0.2) is 20.4 Å². The van der Waals surface area contributed by atoms with E-state index in [9.17, 15) is 0 Å². The minimum Gasteiger partial charge on any atom is -0.383 e. The lowest BCUT2D eigenvalue weighted by Gasteiger charge is -2.11. The second kappa shape index (κ2) is 6.42. The van der Waals surface area contributed by atoms with E-state index in [-0.39, 0.29) is 6.04 Å². The van der Waals surface area contributed by atoms with Crippen LogP contribution in [0.3, 0.4) is 0 Å². The molecule has 0 saturated heterocycles. The first-order chi connectivity index (χ1) is 8.72. The lowest BCUT2D eigenvalue weighted by Crippen LogP contribution is -2.32. The van der Waals surface area contributed by atoms with Gasteiger partial charge in [-0.05, 0) is 35.1 Å². The number of nitrogens with zero attached hydrogens (tertiary/aromatic N) is 2. The van der Waals surface area contributed by atoms with Crippen molar-refractivity contribution in [2.24, 2.45) is 0 Å². The summed E-state index contributed by atoms with van der Waals surface area (Å²) >= 11 is 4.99. The van der Waals surface area contributed by atoms with E-state index in [2.05, 4.69) is 31.4 Å². The summed E-state index contributed by atoms with van der Waals surface area (Å²) in [5.74, 6) is 1.25. The van der Waals surface area contributed by atoms with Crippen LogP contribution in [0.1, 0.15) is 5.89 Å². The molecule has 0 aliphatic heterocycles. The molecular formula is C11H14BrN3O2S. The topological polar surface area (TPSA) is 60.2 Å². The SMILES string of the molecule is CNC(COC)Cc1nc(-c2ccc(Br)s2)no1. The van der Waals surface area contributed by atoms with Crippen LogP contribution in [0, 0.1) is 0 Å². The molecule has 0 fully saturated rings. The summed E-state index contributed by atoms with van der Waals surface area (Å²) in [7, 11) is 3.56. The second-order valence-corrected chi connectivity index (χ2v) is 6.22. The molecule has 1 N–H and O–H groups in total. The number of methoxy groups -OCH3 is 1. The van der Waals surface area contributed by atoms with E-state index < -0.39 is 0 Å². The predicted molar refractivity (Wildman–Crippen MR) is 73.7 cm³/mol. The molecule has 2 aromatic heterocycles. The molecule has 1 unspecified atom stereocenters. The van der Waals surface area contributed by atoms with Crippen molar-refractivity contribution >= 4 is 27.3 Å². The standard InChI is InChI=1S/C11H14BrN3O2S/c1-13-7(6-16-2)5-10-14-11(15-17-10)8-3-4-9(12)18-8/h3-4,7,13H,5-6H2,1-2H3. The first kappa shape index (κ1) is 13.7. The van der Waals surface area contributed by atoms with E-state index in [0.29, 0.717) is 24.7 Å². The minimum atomic E-state index is 0.179. The average molecular weight is 332 g/mol. The van der Waals surface area contributed by atoms with Gasteiger partial charge in [-0.25, -0.2) is 0 Å². The number of nitrogens with one attached hydrogen (secondary N) is 1. The number of likely N-dealkylation sites (N-methyl/N-ethyl adjacent to an activating group) is 1. The highest BCUT2D eigenvalue weighted by atomic mass is 79.9. The van der Waals surface area contributed by atoms with Gasteiger partial charge < -0.3 is 14.6 Å². The molecule has 0 saturated carbocycles. The summed E-state index contributed by atoms with van der Waals surface area (Å²) in [5, 5.41) is 7.13. The van der Waals surface area contributed by atoms with Crippen molar-refractivity contribution in [3.8, 4) is 10.7 Å². The molecule has 2 rings (SSSR count). The van der Waals surface area contributed by atoms with E-state index in [1.54, 1.807) is 18.4 Å². The number of aromatic nitrogens is 2. The van der Waals surface area contributed by atoms with Gasteiger partial charge >= 0.3 is 0 Å². The Bertz CT molecular complexity index is 500. The zero-order chi connectivity index (χ0) is 13.0. The van der Waals surface area contributed by atoms with Crippen molar-refractivity contribution in [1.82, 2.24) is 15.5 Å². The second-order valence-electron chi connectivity index (χ2n) is 3.76. The molecule has 0 radical (unpaired) electrons. The van der Waals surface area contributed by atoms with E-state index >= 15 is 0 Å². The van der Waals surface area contributed by atoms with Crippen LogP contribution < -0.4 is 5.32 Å². The molecule has 0 amide bonds. The van der Waals surface area contributed by atoms with E-state index in [1.807, 2.05) is 19.2 Å². The van der Waals surface area contributed by atoms with Gasteiger partial charge in [-0.2, -0.15) is 4.98 Å². The predicted octanol–water partition coefficient (Wildman–Crippen LogP) is 2.34. The van der Waals surface area contributed by atoms with Crippen molar-refractivity contribution in [3.63, 3.8) is 0 Å². The zero-order valence-corrected chi connectivity index (χ0v) is 12.5. The Kier molecular flexibility index (Phi) is 4.87. The molecule has 98 valence electrons. The lowest BCUT2D eigenvalue weighted by molar-refractivity contribution is 0.165. The van der Waals surface area contributed by atoms with Crippen molar-refractivity contribution in [2.75, 3.05) is 20.8 Å². The number of halogens is 1. The molecule has 18 heavy (non-hydrogen) atoms. The molecule has 0 aliphatic carbocycles. The highest BCUT2D eigenvalue weighted by molar-refractivity contribution is 9.11. The van der Waals surface area contributed by atoms with Crippen LogP contribution in [-0.4, -0.2) is 36.9 Å². The minimum absolute atomic E-state index is 0.179. The normalized spacial score (nSPS) is 12.8. The molecule has 0 aromatic carbocycles. The summed E-state index contributed by atoms with van der Waals surface area (Å²) in [5.41, 5.74) is 0. The molecule has 0 bridgehead atoms. The summed E-state index contributed by atoms with van der Waals surface area (Å²) < 4.78 is 11.4. The van der Waals surface area contributed by atoms with Crippen molar-refractivity contribution in [2.45, 2.75) is 12.5 Å². The monoisotopic (exact) mass is 331 g/mol. The quantitative estimate of drug-likeness (QED) is 0.880. The van der Waals surface area contributed by atoms with Crippen molar-refractivity contribution < 1.29 is 9.26 Å². The maximum absolute atomic E-state index is 5.24. The summed E-state index contributed by atoms with van der Waals surface area (Å²) in [6.45, 7) is 0.610. The van der Waals surface area contributed by atoms with Crippen LogP contribution in [0.25, 0.3) is 10.7 Å². The molecule has 5 nitrogen and oxygen atoms in total. The van der Waals surface area contributed by atoms with Crippen LogP contribution in [0.2, 0.25) is 0 Å². The van der Waals surface area contributed by atoms with Gasteiger partial charge in [-0.15, -0.1) is 11.3 Å². The third kappa shape index (κ3) is 3.38. The number of rotatable bonds is 6. The largest absolute Gasteiger partial charge is 0.383 e. The van der Waals surface area contributed by atoms with Crippen molar-refractivity contribution in [1.29, 1.82) is 0 Å². The zero-order valence-electron chi connectivity index (χ0n) is 10.1. The summed E-state index contributed by atoms with van der Waals surface area (Å²) in [6.07, 6.45) is 0.657. The highest BCUT2D eigenvalue weighted by Crippen LogP contribution is 2.29. The third-order valence-corrected chi connectivity index (χ3v) is 4.08. The molecule has 1 atom stereocenters. The Morgan fingerprint density at radius 3 is 3.00 bits per heavy atom. The van der Waals surface area contributed by atoms with Gasteiger partial charge in [0.15, 0.2) is 0 Å². The third-order valence-electron chi connectivity index (χ3n) is 2.46. The molecule has 2 heterocycles. The van der Waals surface area contributed by atoms with Gasteiger partial charge in [0.2, 0.25) is 11.7 Å². The molecule has 0 aliphatic rings. The Balaban J connectivity index is 2.06. The van der Waals surface area contributed by atoms with Gasteiger partial charge in [-0.3, -0.25) is 0 Å². The van der Waals surface area contributed by atoms with Gasteiger partial charge in [0.05, 0.1) is 15.3 Å². The average Bonchev–Trinajstić information content (AvgIpc) is 2.97. The Labute approximate surface area is 118 Å². The number of hydrogen-bond donors (Lipinski definition) is 1. The van der Waals surface area contributed by atoms with Gasteiger partial charge in [0.1, 0.15) is 0 Å². The van der Waals surface area contributed by atoms with E-state index in [4.69, 9.17) is 9.26 Å². The smallest absolute Gasteiger partial charge is 0.228 e. The van der Waals surface area contributed by atoms with Crippen LogP contribution in [0.5, 0.6) is 0 Å². The Morgan fingerprint density at radius 2 is 2.39 bits per heavy atom. The van der Waals surface area contributed by atoms with E-state index in [0.717, 1.165) is 8.66 Å². The Morgan fingerprint density at radius 1 is 1.56 bits per heavy atom. The fourth-order valence-corrected chi connectivity index (χ4v) is 2.84. The maximum Gasteiger partial charge on any atom is 0.228 e. The first-order valence-corrected chi connectivity index (χ1v) is 7.08. The van der Waals surface area contributed by atoms with Gasteiger partial charge in [0, 0.05) is 19.6 Å². The number of hydrogen-bond acceptors (Lipinski definition) is 6. The van der Waals surface area contributed by atoms with Gasteiger partial charge in [0.25, 0.3) is 0 Å². The van der Waals surface area contributed by atoms with E-state index in [1.165, 1.54) is 0 Å². The van der Waals surface area contributed by atoms with Gasteiger partial charge in [-0.1, -0.05) is 5.16 Å². The molecule has 2 aromatic rings. The first-order valence-electron chi connectivity index (χ1n) is 5.47. The summed E-state index contributed by atoms with van der Waals surface area (Å²) in [6, 6.07) is 4.12. The highest BCUT2D eigenvalue weighted by Gasteiger charge is 2.14. The van der Waals surface area contributed by atoms with Crippen molar-refractivity contribution in [3.05, 3.63) is 21.8 Å². The van der Waals surface area contributed by atoms with Crippen LogP contribution in [-0.2, 0) is 11.2 Å². The summed E-state index contributed by atoms with van der Waals surface area (Å²) in [4.78, 5) is 5.37. The fraction of sp³-hybridized carbons (Fsp3) is 0.455. The van der Waals surface area contributed by atoms with Crippen LogP contribution in [0.4, 0.5) is 0 Å². The molecule has 7 heteroatoms. The number of ether oxygens (including phenoxy) is 1. The maximum atomic E-state index is 5.24. The van der Waals surface area contributed by atoms with Crippen LogP contribution >= 0.6 is 27.3 Å².